The molecule has 3 amide bonds. The first-order valence-electron chi connectivity index (χ1n) is 6.82. The molecule has 1 aliphatic rings. The Labute approximate surface area is 118 Å². The summed E-state index contributed by atoms with van der Waals surface area (Å²) < 4.78 is 0. The molecule has 0 bridgehead atoms. The van der Waals surface area contributed by atoms with Crippen LogP contribution in [0.2, 0.25) is 0 Å². The van der Waals surface area contributed by atoms with Gasteiger partial charge in [-0.3, -0.25) is 9.59 Å². The third-order valence-electron chi connectivity index (χ3n) is 3.18. The van der Waals surface area contributed by atoms with Gasteiger partial charge in [0.25, 0.3) is 0 Å². The zero-order valence-electron chi connectivity index (χ0n) is 12.2. The summed E-state index contributed by atoms with van der Waals surface area (Å²) in [7, 11) is 1.51. The van der Waals surface area contributed by atoms with Crippen molar-refractivity contribution in [2.75, 3.05) is 13.6 Å². The first-order chi connectivity index (χ1) is 9.29. The predicted octanol–water partition coefficient (Wildman–Crippen LogP) is 0.406. The molecule has 1 saturated carbocycles. The summed E-state index contributed by atoms with van der Waals surface area (Å²) in [4.78, 5) is 35.5. The zero-order chi connectivity index (χ0) is 15.3. The Hall–Kier alpha value is -1.79. The monoisotopic (exact) mass is 285 g/mol. The maximum absolute atomic E-state index is 11.9. The topological polar surface area (TPSA) is 98.7 Å². The molecule has 0 aromatic carbocycles. The van der Waals surface area contributed by atoms with Gasteiger partial charge >= 0.3 is 12.0 Å². The van der Waals surface area contributed by atoms with Gasteiger partial charge in [0, 0.05) is 19.1 Å². The van der Waals surface area contributed by atoms with E-state index in [1.165, 1.54) is 11.9 Å². The Balaban J connectivity index is 2.41. The molecule has 1 aliphatic carbocycles. The number of rotatable bonds is 7. The van der Waals surface area contributed by atoms with Crippen LogP contribution in [0, 0.1) is 5.92 Å². The van der Waals surface area contributed by atoms with Crippen LogP contribution in [0.3, 0.4) is 0 Å². The summed E-state index contributed by atoms with van der Waals surface area (Å²) in [6, 6.07) is -0.626. The number of hydrogen-bond donors (Lipinski definition) is 3. The van der Waals surface area contributed by atoms with Crippen molar-refractivity contribution < 1.29 is 19.5 Å². The molecule has 0 spiro atoms. The molecule has 7 nitrogen and oxygen atoms in total. The second-order valence-electron chi connectivity index (χ2n) is 5.60. The van der Waals surface area contributed by atoms with Gasteiger partial charge in [-0.2, -0.15) is 0 Å². The SMILES string of the molecule is CC(C)C(CC(=O)O)NC(=O)N(C)CC(=O)NC1CC1. The van der Waals surface area contributed by atoms with Crippen molar-refractivity contribution in [3.8, 4) is 0 Å². The number of likely N-dealkylation sites (N-methyl/N-ethyl adjacent to an activating group) is 1. The van der Waals surface area contributed by atoms with E-state index in [0.29, 0.717) is 0 Å². The van der Waals surface area contributed by atoms with Crippen LogP contribution in [0.15, 0.2) is 0 Å². The van der Waals surface area contributed by atoms with Gasteiger partial charge in [0.2, 0.25) is 5.91 Å². The lowest BCUT2D eigenvalue weighted by Crippen LogP contribution is -2.48. The normalized spacial score (nSPS) is 15.6. The molecule has 0 radical (unpaired) electrons. The lowest BCUT2D eigenvalue weighted by Gasteiger charge is -2.24. The number of hydrogen-bond acceptors (Lipinski definition) is 3. The number of carboxylic acid groups (broad SMARTS) is 1. The van der Waals surface area contributed by atoms with E-state index >= 15 is 0 Å². The summed E-state index contributed by atoms with van der Waals surface area (Å²) in [6.07, 6.45) is 1.86. The maximum Gasteiger partial charge on any atom is 0.317 e. The highest BCUT2D eigenvalue weighted by Gasteiger charge is 2.25. The smallest absolute Gasteiger partial charge is 0.317 e. The number of nitrogens with zero attached hydrogens (tertiary/aromatic N) is 1. The molecular weight excluding hydrogens is 262 g/mol. The van der Waals surface area contributed by atoms with Gasteiger partial charge in [0.1, 0.15) is 6.54 Å². The molecule has 20 heavy (non-hydrogen) atoms. The van der Waals surface area contributed by atoms with Gasteiger partial charge in [0.15, 0.2) is 0 Å². The molecule has 114 valence electrons. The molecule has 0 aromatic rings. The van der Waals surface area contributed by atoms with E-state index < -0.39 is 18.0 Å². The molecule has 1 atom stereocenters. The van der Waals surface area contributed by atoms with Crippen molar-refractivity contribution in [1.82, 2.24) is 15.5 Å². The van der Waals surface area contributed by atoms with Crippen LogP contribution in [0.4, 0.5) is 4.79 Å². The lowest BCUT2D eigenvalue weighted by atomic mass is 10.0. The maximum atomic E-state index is 11.9. The highest BCUT2D eigenvalue weighted by molar-refractivity contribution is 5.84. The number of amides is 3. The van der Waals surface area contributed by atoms with Crippen molar-refractivity contribution in [3.63, 3.8) is 0 Å². The molecule has 0 aliphatic heterocycles. The number of aliphatic carboxylic acids is 1. The van der Waals surface area contributed by atoms with Crippen LogP contribution in [0.5, 0.6) is 0 Å². The number of carbonyl (C=O) groups is 3. The van der Waals surface area contributed by atoms with Gasteiger partial charge in [0.05, 0.1) is 6.42 Å². The van der Waals surface area contributed by atoms with Crippen LogP contribution in [0.25, 0.3) is 0 Å². The predicted molar refractivity (Wildman–Crippen MR) is 73.2 cm³/mol. The standard InChI is InChI=1S/C13H23N3O4/c1-8(2)10(6-12(18)19)15-13(20)16(3)7-11(17)14-9-4-5-9/h8-10H,4-7H2,1-3H3,(H,14,17)(H,15,20)(H,18,19). The van der Waals surface area contributed by atoms with Crippen molar-refractivity contribution >= 4 is 17.9 Å². The quantitative estimate of drug-likeness (QED) is 0.630. The fourth-order valence-electron chi connectivity index (χ4n) is 1.70. The second kappa shape index (κ2) is 7.12. The number of urea groups is 1. The number of carboxylic acids is 1. The van der Waals surface area contributed by atoms with E-state index in [1.54, 1.807) is 0 Å². The van der Waals surface area contributed by atoms with E-state index in [0.717, 1.165) is 12.8 Å². The zero-order valence-corrected chi connectivity index (χ0v) is 12.2. The summed E-state index contributed by atoms with van der Waals surface area (Å²) in [5.41, 5.74) is 0. The highest BCUT2D eigenvalue weighted by atomic mass is 16.4. The summed E-state index contributed by atoms with van der Waals surface area (Å²) in [6.45, 7) is 3.65. The van der Waals surface area contributed by atoms with Crippen molar-refractivity contribution in [2.24, 2.45) is 5.92 Å². The van der Waals surface area contributed by atoms with E-state index in [2.05, 4.69) is 10.6 Å². The van der Waals surface area contributed by atoms with E-state index in [1.807, 2.05) is 13.8 Å². The number of carbonyl (C=O) groups excluding carboxylic acids is 2. The fourth-order valence-corrected chi connectivity index (χ4v) is 1.70. The first kappa shape index (κ1) is 16.3. The third-order valence-corrected chi connectivity index (χ3v) is 3.18. The Bertz CT molecular complexity index is 380. The Morgan fingerprint density at radius 1 is 1.30 bits per heavy atom. The minimum absolute atomic E-state index is 0.00346. The van der Waals surface area contributed by atoms with Crippen molar-refractivity contribution in [3.05, 3.63) is 0 Å². The van der Waals surface area contributed by atoms with Crippen LogP contribution < -0.4 is 10.6 Å². The molecular formula is C13H23N3O4. The molecule has 1 unspecified atom stereocenters. The van der Waals surface area contributed by atoms with E-state index in [9.17, 15) is 14.4 Å². The first-order valence-corrected chi connectivity index (χ1v) is 6.82. The molecule has 0 aromatic heterocycles. The molecule has 0 heterocycles. The summed E-state index contributed by atoms with van der Waals surface area (Å²) >= 11 is 0. The van der Waals surface area contributed by atoms with E-state index in [-0.39, 0.29) is 30.8 Å². The van der Waals surface area contributed by atoms with Gasteiger partial charge in [-0.1, -0.05) is 13.8 Å². The van der Waals surface area contributed by atoms with Crippen molar-refractivity contribution in [1.29, 1.82) is 0 Å². The average molecular weight is 285 g/mol. The van der Waals surface area contributed by atoms with Crippen LogP contribution in [0.1, 0.15) is 33.1 Å². The minimum Gasteiger partial charge on any atom is -0.481 e. The number of nitrogens with one attached hydrogen (secondary N) is 2. The Morgan fingerprint density at radius 2 is 1.90 bits per heavy atom. The lowest BCUT2D eigenvalue weighted by molar-refractivity contribution is -0.137. The van der Waals surface area contributed by atoms with Gasteiger partial charge in [-0.15, -0.1) is 0 Å². The molecule has 1 rings (SSSR count). The Morgan fingerprint density at radius 3 is 2.35 bits per heavy atom. The second-order valence-corrected chi connectivity index (χ2v) is 5.60. The summed E-state index contributed by atoms with van der Waals surface area (Å²) in [5.74, 6) is -1.15. The Kier molecular flexibility index (Phi) is 5.79. The van der Waals surface area contributed by atoms with Crippen LogP contribution in [-0.2, 0) is 9.59 Å². The molecule has 1 fully saturated rings. The van der Waals surface area contributed by atoms with Crippen LogP contribution >= 0.6 is 0 Å². The van der Waals surface area contributed by atoms with Crippen LogP contribution in [-0.4, -0.2) is 53.6 Å². The van der Waals surface area contributed by atoms with Gasteiger partial charge in [-0.05, 0) is 18.8 Å². The van der Waals surface area contributed by atoms with E-state index in [4.69, 9.17) is 5.11 Å². The summed E-state index contributed by atoms with van der Waals surface area (Å²) in [5, 5.41) is 14.2. The minimum atomic E-state index is -0.960. The van der Waals surface area contributed by atoms with Crippen molar-refractivity contribution in [2.45, 2.75) is 45.2 Å². The average Bonchev–Trinajstić information content (AvgIpc) is 3.10. The molecule has 3 N–H and O–H groups in total. The molecule has 7 heteroatoms. The largest absolute Gasteiger partial charge is 0.481 e. The van der Waals surface area contributed by atoms with Gasteiger partial charge < -0.3 is 20.6 Å². The fraction of sp³-hybridized carbons (Fsp3) is 0.769. The van der Waals surface area contributed by atoms with Gasteiger partial charge in [-0.25, -0.2) is 4.79 Å². The highest BCUT2D eigenvalue weighted by Crippen LogP contribution is 2.18. The third kappa shape index (κ3) is 5.90. The molecule has 0 saturated heterocycles.